The first-order chi connectivity index (χ1) is 11.9. The number of halogens is 3. The molecule has 0 unspecified atom stereocenters. The van der Waals surface area contributed by atoms with E-state index in [-0.39, 0.29) is 23.4 Å². The Bertz CT molecular complexity index is 639. The van der Waals surface area contributed by atoms with Crippen LogP contribution in [0.1, 0.15) is 39.5 Å². The molecule has 0 bridgehead atoms. The minimum Gasteiger partial charge on any atom is -0.343 e. The van der Waals surface area contributed by atoms with Crippen LogP contribution in [0.2, 0.25) is 0 Å². The quantitative estimate of drug-likeness (QED) is 0.818. The lowest BCUT2D eigenvalue weighted by Crippen LogP contribution is -2.38. The monoisotopic (exact) mass is 356 g/mol. The van der Waals surface area contributed by atoms with E-state index < -0.39 is 23.4 Å². The molecule has 1 aromatic carbocycles. The number of nitrogens with zero attached hydrogens (tertiary/aromatic N) is 1. The number of hydrogen-bond donors (Lipinski definition) is 1. The lowest BCUT2D eigenvalue weighted by Gasteiger charge is -2.30. The van der Waals surface area contributed by atoms with Crippen LogP contribution in [0, 0.1) is 29.3 Å². The van der Waals surface area contributed by atoms with Crippen LogP contribution in [0.5, 0.6) is 0 Å². The molecule has 0 heterocycles. The summed E-state index contributed by atoms with van der Waals surface area (Å²) in [6.45, 7) is 5.17. The van der Waals surface area contributed by atoms with Crippen LogP contribution in [0.3, 0.4) is 0 Å². The van der Waals surface area contributed by atoms with Crippen LogP contribution >= 0.6 is 0 Å². The van der Waals surface area contributed by atoms with Gasteiger partial charge in [-0.25, -0.2) is 13.2 Å². The van der Waals surface area contributed by atoms with Gasteiger partial charge in [0.15, 0.2) is 17.5 Å². The van der Waals surface area contributed by atoms with E-state index in [1.165, 1.54) is 0 Å². The molecular weight excluding hydrogens is 333 g/mol. The predicted molar refractivity (Wildman–Crippen MR) is 88.3 cm³/mol. The highest BCUT2D eigenvalue weighted by Crippen LogP contribution is 2.31. The number of anilines is 1. The van der Waals surface area contributed by atoms with E-state index >= 15 is 0 Å². The number of carbonyl (C=O) groups is 2. The smallest absolute Gasteiger partial charge is 0.227 e. The summed E-state index contributed by atoms with van der Waals surface area (Å²) < 4.78 is 39.8. The summed E-state index contributed by atoms with van der Waals surface area (Å²) in [5.74, 6) is -5.10. The Balaban J connectivity index is 1.94. The first kappa shape index (κ1) is 19.3. The molecule has 1 aliphatic carbocycles. The molecule has 0 aliphatic heterocycles. The Hall–Kier alpha value is -2.05. The molecule has 0 atom stereocenters. The molecular formula is C18H23F3N2O2. The summed E-state index contributed by atoms with van der Waals surface area (Å²) in [6.07, 6.45) is 2.20. The normalized spacial score (nSPS) is 20.2. The van der Waals surface area contributed by atoms with E-state index in [9.17, 15) is 22.8 Å². The number of nitrogens with one attached hydrogen (secondary N) is 1. The Labute approximate surface area is 145 Å². The summed E-state index contributed by atoms with van der Waals surface area (Å²) in [4.78, 5) is 26.4. The van der Waals surface area contributed by atoms with E-state index in [0.29, 0.717) is 38.8 Å². The number of carbonyl (C=O) groups excluding carboxylic acids is 2. The predicted octanol–water partition coefficient (Wildman–Crippen LogP) is 3.72. The lowest BCUT2D eigenvalue weighted by atomic mass is 9.81. The topological polar surface area (TPSA) is 49.4 Å². The third kappa shape index (κ3) is 4.32. The first-order valence-corrected chi connectivity index (χ1v) is 8.62. The van der Waals surface area contributed by atoms with Gasteiger partial charge in [-0.2, -0.15) is 0 Å². The van der Waals surface area contributed by atoms with Gasteiger partial charge in [0.1, 0.15) is 0 Å². The standard InChI is InChI=1S/C18H23F3N2O2/c1-3-23(4-2)18(25)12-7-5-11(6-8-12)17(24)22-14-10-9-13(19)15(20)16(14)21/h9-12H,3-8H2,1-2H3,(H,22,24). The fourth-order valence-electron chi connectivity index (χ4n) is 3.25. The number of hydrogen-bond acceptors (Lipinski definition) is 2. The molecule has 2 amide bonds. The summed E-state index contributed by atoms with van der Waals surface area (Å²) in [5.41, 5.74) is -0.370. The average Bonchev–Trinajstić information content (AvgIpc) is 2.63. The molecule has 1 aliphatic rings. The zero-order valence-corrected chi connectivity index (χ0v) is 14.4. The van der Waals surface area contributed by atoms with Gasteiger partial charge in [-0.3, -0.25) is 9.59 Å². The van der Waals surface area contributed by atoms with Crippen molar-refractivity contribution in [2.75, 3.05) is 18.4 Å². The number of amides is 2. The highest BCUT2D eigenvalue weighted by Gasteiger charge is 2.32. The van der Waals surface area contributed by atoms with Crippen LogP contribution in [-0.2, 0) is 9.59 Å². The summed E-state index contributed by atoms with van der Waals surface area (Å²) >= 11 is 0. The molecule has 4 nitrogen and oxygen atoms in total. The summed E-state index contributed by atoms with van der Waals surface area (Å²) in [7, 11) is 0. The second-order valence-corrected chi connectivity index (χ2v) is 6.27. The summed E-state index contributed by atoms with van der Waals surface area (Å²) in [5, 5.41) is 2.32. The van der Waals surface area contributed by atoms with Gasteiger partial charge in [-0.05, 0) is 51.7 Å². The van der Waals surface area contributed by atoms with Crippen LogP contribution in [0.15, 0.2) is 12.1 Å². The number of benzene rings is 1. The largest absolute Gasteiger partial charge is 0.343 e. The molecule has 0 aromatic heterocycles. The summed E-state index contributed by atoms with van der Waals surface area (Å²) in [6, 6.07) is 1.77. The third-order valence-electron chi connectivity index (χ3n) is 4.82. The van der Waals surface area contributed by atoms with E-state index in [0.717, 1.165) is 12.1 Å². The zero-order valence-electron chi connectivity index (χ0n) is 14.4. The third-order valence-corrected chi connectivity index (χ3v) is 4.82. The molecule has 25 heavy (non-hydrogen) atoms. The first-order valence-electron chi connectivity index (χ1n) is 8.62. The average molecular weight is 356 g/mol. The Morgan fingerprint density at radius 3 is 2.12 bits per heavy atom. The van der Waals surface area contributed by atoms with E-state index in [2.05, 4.69) is 5.32 Å². The van der Waals surface area contributed by atoms with Crippen LogP contribution in [-0.4, -0.2) is 29.8 Å². The van der Waals surface area contributed by atoms with Crippen LogP contribution < -0.4 is 5.32 Å². The Morgan fingerprint density at radius 2 is 1.56 bits per heavy atom. The lowest BCUT2D eigenvalue weighted by molar-refractivity contribution is -0.137. The van der Waals surface area contributed by atoms with Crippen molar-refractivity contribution in [3.8, 4) is 0 Å². The van der Waals surface area contributed by atoms with Crippen molar-refractivity contribution in [2.24, 2.45) is 11.8 Å². The fraction of sp³-hybridized carbons (Fsp3) is 0.556. The molecule has 7 heteroatoms. The van der Waals surface area contributed by atoms with E-state index in [1.54, 1.807) is 4.90 Å². The van der Waals surface area contributed by atoms with Crippen molar-refractivity contribution < 1.29 is 22.8 Å². The zero-order chi connectivity index (χ0) is 18.6. The van der Waals surface area contributed by atoms with Gasteiger partial charge in [-0.1, -0.05) is 0 Å². The Kier molecular flexibility index (Phi) is 6.45. The maximum atomic E-state index is 13.6. The van der Waals surface area contributed by atoms with Gasteiger partial charge < -0.3 is 10.2 Å². The molecule has 1 N–H and O–H groups in total. The van der Waals surface area contributed by atoms with E-state index in [1.807, 2.05) is 13.8 Å². The van der Waals surface area contributed by atoms with Crippen molar-refractivity contribution in [1.29, 1.82) is 0 Å². The van der Waals surface area contributed by atoms with Crippen molar-refractivity contribution in [3.63, 3.8) is 0 Å². The van der Waals surface area contributed by atoms with Crippen LogP contribution in [0.25, 0.3) is 0 Å². The van der Waals surface area contributed by atoms with Crippen LogP contribution in [0.4, 0.5) is 18.9 Å². The number of rotatable bonds is 5. The maximum Gasteiger partial charge on any atom is 0.227 e. The molecule has 1 fully saturated rings. The highest BCUT2D eigenvalue weighted by molar-refractivity contribution is 5.93. The fourth-order valence-corrected chi connectivity index (χ4v) is 3.25. The van der Waals surface area contributed by atoms with Gasteiger partial charge in [0, 0.05) is 24.9 Å². The van der Waals surface area contributed by atoms with Gasteiger partial charge in [0.05, 0.1) is 5.69 Å². The maximum absolute atomic E-state index is 13.6. The van der Waals surface area contributed by atoms with E-state index in [4.69, 9.17) is 0 Å². The molecule has 138 valence electrons. The molecule has 0 spiro atoms. The highest BCUT2D eigenvalue weighted by atomic mass is 19.2. The molecule has 2 rings (SSSR count). The minimum absolute atomic E-state index is 0.0936. The van der Waals surface area contributed by atoms with Gasteiger partial charge in [0.25, 0.3) is 0 Å². The second kappa shape index (κ2) is 8.36. The van der Waals surface area contributed by atoms with Gasteiger partial charge in [0.2, 0.25) is 11.8 Å². The Morgan fingerprint density at radius 1 is 1.00 bits per heavy atom. The van der Waals surface area contributed by atoms with Crippen molar-refractivity contribution >= 4 is 17.5 Å². The van der Waals surface area contributed by atoms with Crippen molar-refractivity contribution in [1.82, 2.24) is 4.90 Å². The SMILES string of the molecule is CCN(CC)C(=O)C1CCC(C(=O)Nc2ccc(F)c(F)c2F)CC1. The molecule has 0 saturated heterocycles. The minimum atomic E-state index is -1.61. The van der Waals surface area contributed by atoms with Gasteiger partial charge in [-0.15, -0.1) is 0 Å². The molecule has 0 radical (unpaired) electrons. The van der Waals surface area contributed by atoms with Crippen molar-refractivity contribution in [3.05, 3.63) is 29.6 Å². The molecule has 1 aromatic rings. The van der Waals surface area contributed by atoms with Gasteiger partial charge >= 0.3 is 0 Å². The second-order valence-electron chi connectivity index (χ2n) is 6.27. The van der Waals surface area contributed by atoms with Crippen molar-refractivity contribution in [2.45, 2.75) is 39.5 Å². The molecule has 1 saturated carbocycles.